The summed E-state index contributed by atoms with van der Waals surface area (Å²) < 4.78 is 9.91. The van der Waals surface area contributed by atoms with E-state index < -0.39 is 0 Å². The zero-order valence-corrected chi connectivity index (χ0v) is 7.87. The van der Waals surface area contributed by atoms with Crippen molar-refractivity contribution in [3.05, 3.63) is 0 Å². The first kappa shape index (κ1) is 15.1. The molecule has 80 valence electrons. The van der Waals surface area contributed by atoms with Gasteiger partial charge in [-0.3, -0.25) is 4.79 Å². The molecule has 0 rings (SSSR count). The standard InChI is InChI=1S/C8H17NO3.H4Si/c1-6(8(9)10)4-5-7(11-2)12-3;/h6-7H,4-5H2,1-3H3,(H2,9,10);1H4. The first-order chi connectivity index (χ1) is 5.61. The third kappa shape index (κ3) is 6.74. The van der Waals surface area contributed by atoms with Crippen LogP contribution in [0.5, 0.6) is 0 Å². The zero-order valence-electron chi connectivity index (χ0n) is 7.87. The molecule has 1 atom stereocenters. The number of carbonyl (C=O) groups excluding carboxylic acids is 1. The van der Waals surface area contributed by atoms with Crippen molar-refractivity contribution in [1.82, 2.24) is 0 Å². The Balaban J connectivity index is 0. The van der Waals surface area contributed by atoms with Crippen LogP contribution in [0.15, 0.2) is 0 Å². The van der Waals surface area contributed by atoms with Gasteiger partial charge in [0, 0.05) is 20.1 Å². The summed E-state index contributed by atoms with van der Waals surface area (Å²) in [5, 5.41) is 0. The van der Waals surface area contributed by atoms with Crippen LogP contribution in [0.3, 0.4) is 0 Å². The maximum Gasteiger partial charge on any atom is 0.220 e. The Morgan fingerprint density at radius 1 is 1.31 bits per heavy atom. The molecule has 1 amide bonds. The fourth-order valence-corrected chi connectivity index (χ4v) is 0.860. The van der Waals surface area contributed by atoms with E-state index in [1.807, 2.05) is 0 Å². The predicted molar refractivity (Wildman–Crippen MR) is 56.7 cm³/mol. The molecule has 13 heavy (non-hydrogen) atoms. The molecule has 0 fully saturated rings. The second-order valence-electron chi connectivity index (χ2n) is 2.78. The van der Waals surface area contributed by atoms with E-state index in [0.29, 0.717) is 12.8 Å². The Bertz CT molecular complexity index is 139. The van der Waals surface area contributed by atoms with Crippen LogP contribution in [0.2, 0.25) is 0 Å². The second kappa shape index (κ2) is 8.22. The largest absolute Gasteiger partial charge is 0.369 e. The fraction of sp³-hybridized carbons (Fsp3) is 0.875. The molecule has 5 heteroatoms. The lowest BCUT2D eigenvalue weighted by Crippen LogP contribution is -2.23. The molecule has 0 spiro atoms. The van der Waals surface area contributed by atoms with Crippen LogP contribution in [0.1, 0.15) is 19.8 Å². The van der Waals surface area contributed by atoms with Gasteiger partial charge in [0.15, 0.2) is 6.29 Å². The molecule has 0 aliphatic carbocycles. The molecule has 0 heterocycles. The van der Waals surface area contributed by atoms with Gasteiger partial charge in [-0.05, 0) is 23.8 Å². The highest BCUT2D eigenvalue weighted by Gasteiger charge is 2.12. The van der Waals surface area contributed by atoms with Crippen molar-refractivity contribution in [3.63, 3.8) is 0 Å². The minimum absolute atomic E-state index is 0. The van der Waals surface area contributed by atoms with E-state index in [2.05, 4.69) is 0 Å². The highest BCUT2D eigenvalue weighted by Crippen LogP contribution is 2.09. The number of primary amides is 1. The minimum atomic E-state index is -0.277. The summed E-state index contributed by atoms with van der Waals surface area (Å²) in [7, 11) is 3.15. The third-order valence-corrected chi connectivity index (χ3v) is 1.85. The number of amides is 1. The third-order valence-electron chi connectivity index (χ3n) is 1.85. The maximum atomic E-state index is 10.6. The fourth-order valence-electron chi connectivity index (χ4n) is 0.860. The Morgan fingerprint density at radius 3 is 2.08 bits per heavy atom. The van der Waals surface area contributed by atoms with Gasteiger partial charge in [0.1, 0.15) is 0 Å². The molecule has 1 unspecified atom stereocenters. The maximum absolute atomic E-state index is 10.6. The van der Waals surface area contributed by atoms with Crippen LogP contribution in [0.25, 0.3) is 0 Å². The van der Waals surface area contributed by atoms with Crippen molar-refractivity contribution in [2.75, 3.05) is 14.2 Å². The molecular weight excluding hydrogens is 186 g/mol. The number of hydrogen-bond acceptors (Lipinski definition) is 3. The van der Waals surface area contributed by atoms with Gasteiger partial charge in [-0.2, -0.15) is 0 Å². The molecular formula is C8H21NO3Si. The molecule has 0 bridgehead atoms. The van der Waals surface area contributed by atoms with Crippen LogP contribution < -0.4 is 5.73 Å². The molecule has 4 nitrogen and oxygen atoms in total. The highest BCUT2D eigenvalue weighted by atomic mass is 28.1. The number of rotatable bonds is 6. The van der Waals surface area contributed by atoms with Crippen molar-refractivity contribution in [1.29, 1.82) is 0 Å². The molecule has 0 aromatic heterocycles. The van der Waals surface area contributed by atoms with Crippen molar-refractivity contribution in [2.45, 2.75) is 26.1 Å². The molecule has 0 saturated heterocycles. The minimum Gasteiger partial charge on any atom is -0.369 e. The van der Waals surface area contributed by atoms with Gasteiger partial charge in [0.2, 0.25) is 5.91 Å². The summed E-state index contributed by atoms with van der Waals surface area (Å²) >= 11 is 0. The topological polar surface area (TPSA) is 61.5 Å². The van der Waals surface area contributed by atoms with Crippen LogP contribution in [0, 0.1) is 5.92 Å². The first-order valence-electron chi connectivity index (χ1n) is 3.96. The van der Waals surface area contributed by atoms with Crippen molar-refractivity contribution < 1.29 is 14.3 Å². The molecule has 0 aromatic carbocycles. The van der Waals surface area contributed by atoms with Crippen molar-refractivity contribution >= 4 is 16.9 Å². The molecule has 0 aromatic rings. The predicted octanol–water partition coefficient (Wildman–Crippen LogP) is -0.945. The normalized spacial score (nSPS) is 12.3. The Morgan fingerprint density at radius 2 is 1.77 bits per heavy atom. The van der Waals surface area contributed by atoms with Gasteiger partial charge in [-0.15, -0.1) is 0 Å². The van der Waals surface area contributed by atoms with Gasteiger partial charge < -0.3 is 15.2 Å². The number of carbonyl (C=O) groups is 1. The van der Waals surface area contributed by atoms with Crippen molar-refractivity contribution in [3.8, 4) is 0 Å². The summed E-state index contributed by atoms with van der Waals surface area (Å²) in [6.07, 6.45) is 1.16. The number of hydrogen-bond donors (Lipinski definition) is 1. The van der Waals surface area contributed by atoms with Crippen LogP contribution in [0.4, 0.5) is 0 Å². The van der Waals surface area contributed by atoms with Gasteiger partial charge in [-0.25, -0.2) is 0 Å². The van der Waals surface area contributed by atoms with Gasteiger partial charge in [-0.1, -0.05) is 6.92 Å². The van der Waals surface area contributed by atoms with E-state index in [1.54, 1.807) is 21.1 Å². The quantitative estimate of drug-likeness (QED) is 0.451. The highest BCUT2D eigenvalue weighted by molar-refractivity contribution is 5.76. The van der Waals surface area contributed by atoms with Crippen molar-refractivity contribution in [2.24, 2.45) is 11.7 Å². The summed E-state index contributed by atoms with van der Waals surface area (Å²) in [6.45, 7) is 1.80. The Hall–Kier alpha value is -0.393. The van der Waals surface area contributed by atoms with Crippen LogP contribution >= 0.6 is 0 Å². The van der Waals surface area contributed by atoms with Gasteiger partial charge in [0.05, 0.1) is 0 Å². The van der Waals surface area contributed by atoms with Crippen LogP contribution in [-0.2, 0) is 14.3 Å². The van der Waals surface area contributed by atoms with E-state index in [-0.39, 0.29) is 29.1 Å². The lowest BCUT2D eigenvalue weighted by Gasteiger charge is -2.14. The van der Waals surface area contributed by atoms with E-state index in [1.165, 1.54) is 0 Å². The molecule has 0 saturated carbocycles. The summed E-state index contributed by atoms with van der Waals surface area (Å²) in [4.78, 5) is 10.6. The SMILES string of the molecule is COC(CCC(C)C(N)=O)OC.[SiH4]. The van der Waals surface area contributed by atoms with Gasteiger partial charge in [0.25, 0.3) is 0 Å². The monoisotopic (exact) mass is 207 g/mol. The summed E-state index contributed by atoms with van der Waals surface area (Å²) in [6, 6.07) is 0. The average Bonchev–Trinajstić information content (AvgIpc) is 2.05. The second-order valence-corrected chi connectivity index (χ2v) is 2.78. The van der Waals surface area contributed by atoms with Crippen LogP contribution in [-0.4, -0.2) is 37.4 Å². The van der Waals surface area contributed by atoms with E-state index in [0.717, 1.165) is 0 Å². The average molecular weight is 207 g/mol. The molecule has 2 N–H and O–H groups in total. The molecule has 0 aliphatic rings. The van der Waals surface area contributed by atoms with E-state index in [4.69, 9.17) is 15.2 Å². The summed E-state index contributed by atoms with van der Waals surface area (Å²) in [5.41, 5.74) is 5.08. The lowest BCUT2D eigenvalue weighted by molar-refractivity contribution is -0.124. The zero-order chi connectivity index (χ0) is 9.56. The Kier molecular flexibility index (Phi) is 9.54. The Labute approximate surface area is 83.8 Å². The number of methoxy groups -OCH3 is 2. The number of nitrogens with two attached hydrogens (primary N) is 1. The first-order valence-corrected chi connectivity index (χ1v) is 3.96. The van der Waals surface area contributed by atoms with E-state index >= 15 is 0 Å². The smallest absolute Gasteiger partial charge is 0.220 e. The van der Waals surface area contributed by atoms with E-state index in [9.17, 15) is 4.79 Å². The van der Waals surface area contributed by atoms with Gasteiger partial charge >= 0.3 is 0 Å². The molecule has 0 radical (unpaired) electrons. The lowest BCUT2D eigenvalue weighted by atomic mass is 10.1. The molecule has 0 aliphatic heterocycles. The number of ether oxygens (including phenoxy) is 2. The summed E-state index contributed by atoms with van der Waals surface area (Å²) in [5.74, 6) is -0.390.